The van der Waals surface area contributed by atoms with Crippen LogP contribution in [0.3, 0.4) is 0 Å². The Balaban J connectivity index is 1.76. The molecular weight excluding hydrogens is 336 g/mol. The summed E-state index contributed by atoms with van der Waals surface area (Å²) in [7, 11) is 0. The summed E-state index contributed by atoms with van der Waals surface area (Å²) in [6.07, 6.45) is 6.63. The van der Waals surface area contributed by atoms with Gasteiger partial charge in [0.15, 0.2) is 0 Å². The van der Waals surface area contributed by atoms with E-state index in [-0.39, 0.29) is 17.9 Å². The van der Waals surface area contributed by atoms with Crippen molar-refractivity contribution in [2.45, 2.75) is 45.2 Å². The van der Waals surface area contributed by atoms with E-state index in [2.05, 4.69) is 22.2 Å². The highest BCUT2D eigenvalue weighted by Crippen LogP contribution is 2.17. The average molecular weight is 358 g/mol. The highest BCUT2D eigenvalue weighted by molar-refractivity contribution is 7.09. The van der Waals surface area contributed by atoms with Crippen LogP contribution in [0.4, 0.5) is 0 Å². The molecule has 132 valence electrons. The van der Waals surface area contributed by atoms with E-state index in [0.29, 0.717) is 25.2 Å². The number of pyridine rings is 1. The first-order chi connectivity index (χ1) is 12.2. The molecule has 7 heteroatoms. The topological polar surface area (TPSA) is 75.2 Å². The van der Waals surface area contributed by atoms with Crippen LogP contribution in [0.25, 0.3) is 0 Å². The molecule has 2 aromatic rings. The SMILES string of the molecule is CCCc1nc(C(=O)N(Cc2ccncc2)CC2CCC(=O)N2)cs1. The molecule has 3 heterocycles. The van der Waals surface area contributed by atoms with Crippen LogP contribution in [0.15, 0.2) is 29.9 Å². The first kappa shape index (κ1) is 17.5. The minimum Gasteiger partial charge on any atom is -0.352 e. The van der Waals surface area contributed by atoms with E-state index in [4.69, 9.17) is 0 Å². The third-order valence-corrected chi connectivity index (χ3v) is 5.08. The Morgan fingerprint density at radius 3 is 2.88 bits per heavy atom. The summed E-state index contributed by atoms with van der Waals surface area (Å²) in [6.45, 7) is 3.07. The van der Waals surface area contributed by atoms with Crippen molar-refractivity contribution in [3.63, 3.8) is 0 Å². The second-order valence-electron chi connectivity index (χ2n) is 6.22. The molecule has 2 amide bonds. The Morgan fingerprint density at radius 2 is 2.20 bits per heavy atom. The zero-order chi connectivity index (χ0) is 17.6. The van der Waals surface area contributed by atoms with Gasteiger partial charge in [-0.05, 0) is 37.0 Å². The van der Waals surface area contributed by atoms with E-state index < -0.39 is 0 Å². The number of aromatic nitrogens is 2. The Kier molecular flexibility index (Phi) is 5.75. The molecule has 0 aliphatic carbocycles. The second kappa shape index (κ2) is 8.20. The van der Waals surface area contributed by atoms with Crippen LogP contribution < -0.4 is 5.32 Å². The summed E-state index contributed by atoms with van der Waals surface area (Å²) in [5.41, 5.74) is 1.50. The van der Waals surface area contributed by atoms with Gasteiger partial charge in [-0.25, -0.2) is 4.98 Å². The van der Waals surface area contributed by atoms with Gasteiger partial charge in [-0.1, -0.05) is 6.92 Å². The van der Waals surface area contributed by atoms with Crippen molar-refractivity contribution in [3.05, 3.63) is 46.2 Å². The highest BCUT2D eigenvalue weighted by atomic mass is 32.1. The number of hydrogen-bond acceptors (Lipinski definition) is 5. The number of carbonyl (C=O) groups is 2. The van der Waals surface area contributed by atoms with Gasteiger partial charge in [0.05, 0.1) is 5.01 Å². The molecule has 1 N–H and O–H groups in total. The zero-order valence-corrected chi connectivity index (χ0v) is 15.1. The third kappa shape index (κ3) is 4.63. The van der Waals surface area contributed by atoms with Crippen LogP contribution in [0, 0.1) is 0 Å². The van der Waals surface area contributed by atoms with Gasteiger partial charge in [-0.3, -0.25) is 14.6 Å². The molecule has 0 bridgehead atoms. The fourth-order valence-corrected chi connectivity index (χ4v) is 3.78. The molecule has 1 atom stereocenters. The number of nitrogens with one attached hydrogen (secondary N) is 1. The molecule has 25 heavy (non-hydrogen) atoms. The molecule has 0 aromatic carbocycles. The monoisotopic (exact) mass is 358 g/mol. The normalized spacial score (nSPS) is 16.7. The van der Waals surface area contributed by atoms with E-state index >= 15 is 0 Å². The quantitative estimate of drug-likeness (QED) is 0.825. The third-order valence-electron chi connectivity index (χ3n) is 4.17. The number of thiazole rings is 1. The molecular formula is C18H22N4O2S. The first-order valence-corrected chi connectivity index (χ1v) is 9.45. The maximum absolute atomic E-state index is 13.0. The van der Waals surface area contributed by atoms with Gasteiger partial charge in [-0.15, -0.1) is 11.3 Å². The summed E-state index contributed by atoms with van der Waals surface area (Å²) in [5, 5.41) is 5.76. The van der Waals surface area contributed by atoms with Gasteiger partial charge in [0, 0.05) is 43.3 Å². The summed E-state index contributed by atoms with van der Waals surface area (Å²) in [4.78, 5) is 34.7. The summed E-state index contributed by atoms with van der Waals surface area (Å²) < 4.78 is 0. The number of carbonyl (C=O) groups excluding carboxylic acids is 2. The minimum absolute atomic E-state index is 0.00651. The van der Waals surface area contributed by atoms with Crippen molar-refractivity contribution < 1.29 is 9.59 Å². The first-order valence-electron chi connectivity index (χ1n) is 8.57. The minimum atomic E-state index is -0.0865. The lowest BCUT2D eigenvalue weighted by atomic mass is 10.2. The summed E-state index contributed by atoms with van der Waals surface area (Å²) in [6, 6.07) is 3.81. The molecule has 0 saturated carbocycles. The van der Waals surface area contributed by atoms with Crippen LogP contribution >= 0.6 is 11.3 Å². The molecule has 1 aliphatic heterocycles. The van der Waals surface area contributed by atoms with Gasteiger partial charge in [0.25, 0.3) is 5.91 Å². The number of hydrogen-bond donors (Lipinski definition) is 1. The molecule has 3 rings (SSSR count). The predicted octanol–water partition coefficient (Wildman–Crippen LogP) is 2.41. The van der Waals surface area contributed by atoms with Crippen LogP contribution in [0.5, 0.6) is 0 Å². The lowest BCUT2D eigenvalue weighted by Crippen LogP contribution is -2.41. The lowest BCUT2D eigenvalue weighted by molar-refractivity contribution is -0.119. The van der Waals surface area contributed by atoms with E-state index in [1.54, 1.807) is 17.3 Å². The van der Waals surface area contributed by atoms with Gasteiger partial charge in [0.1, 0.15) is 5.69 Å². The van der Waals surface area contributed by atoms with Gasteiger partial charge in [0.2, 0.25) is 5.91 Å². The lowest BCUT2D eigenvalue weighted by Gasteiger charge is -2.25. The molecule has 0 spiro atoms. The van der Waals surface area contributed by atoms with Crippen LogP contribution in [0.2, 0.25) is 0 Å². The van der Waals surface area contributed by atoms with Gasteiger partial charge < -0.3 is 10.2 Å². The maximum Gasteiger partial charge on any atom is 0.273 e. The highest BCUT2D eigenvalue weighted by Gasteiger charge is 2.27. The molecule has 0 radical (unpaired) electrons. The average Bonchev–Trinajstić information content (AvgIpc) is 3.24. The number of aryl methyl sites for hydroxylation is 1. The molecule has 2 aromatic heterocycles. The standard InChI is InChI=1S/C18H22N4O2S/c1-2-3-17-21-15(12-25-17)18(24)22(10-13-6-8-19-9-7-13)11-14-4-5-16(23)20-14/h6-9,12,14H,2-5,10-11H2,1H3,(H,20,23). The van der Waals surface area contributed by atoms with Crippen LogP contribution in [-0.4, -0.2) is 39.3 Å². The van der Waals surface area contributed by atoms with Gasteiger partial charge >= 0.3 is 0 Å². The fraction of sp³-hybridized carbons (Fsp3) is 0.444. The molecule has 6 nitrogen and oxygen atoms in total. The largest absolute Gasteiger partial charge is 0.352 e. The predicted molar refractivity (Wildman–Crippen MR) is 96.3 cm³/mol. The van der Waals surface area contributed by atoms with Crippen molar-refractivity contribution in [1.82, 2.24) is 20.2 Å². The molecule has 1 saturated heterocycles. The Bertz CT molecular complexity index is 732. The summed E-state index contributed by atoms with van der Waals surface area (Å²) in [5.74, 6) is -0.0308. The van der Waals surface area contributed by atoms with Crippen molar-refractivity contribution in [2.24, 2.45) is 0 Å². The van der Waals surface area contributed by atoms with E-state index in [1.165, 1.54) is 11.3 Å². The molecule has 1 fully saturated rings. The maximum atomic E-state index is 13.0. The second-order valence-corrected chi connectivity index (χ2v) is 7.16. The van der Waals surface area contributed by atoms with E-state index in [9.17, 15) is 9.59 Å². The Morgan fingerprint density at radius 1 is 1.40 bits per heavy atom. The van der Waals surface area contributed by atoms with Gasteiger partial charge in [-0.2, -0.15) is 0 Å². The number of nitrogens with zero attached hydrogens (tertiary/aromatic N) is 3. The van der Waals surface area contributed by atoms with Crippen molar-refractivity contribution in [1.29, 1.82) is 0 Å². The fourth-order valence-electron chi connectivity index (χ4n) is 2.91. The molecule has 1 aliphatic rings. The van der Waals surface area contributed by atoms with Crippen LogP contribution in [0.1, 0.15) is 47.2 Å². The Labute approximate surface area is 151 Å². The molecule has 1 unspecified atom stereocenters. The van der Waals surface area contributed by atoms with Crippen molar-refractivity contribution >= 4 is 23.2 Å². The van der Waals surface area contributed by atoms with Crippen molar-refractivity contribution in [2.75, 3.05) is 6.54 Å². The Hall–Kier alpha value is -2.28. The summed E-state index contributed by atoms with van der Waals surface area (Å²) >= 11 is 1.53. The van der Waals surface area contributed by atoms with Crippen LogP contribution in [-0.2, 0) is 17.8 Å². The zero-order valence-electron chi connectivity index (χ0n) is 14.3. The number of rotatable bonds is 7. The smallest absolute Gasteiger partial charge is 0.273 e. The van der Waals surface area contributed by atoms with E-state index in [0.717, 1.165) is 29.8 Å². The van der Waals surface area contributed by atoms with E-state index in [1.807, 2.05) is 17.5 Å². The number of amides is 2. The van der Waals surface area contributed by atoms with Crippen molar-refractivity contribution in [3.8, 4) is 0 Å².